The molecule has 3 amide bonds. The predicted octanol–water partition coefficient (Wildman–Crippen LogP) is 6.97. The molecule has 2 N–H and O–H groups in total. The highest BCUT2D eigenvalue weighted by Gasteiger charge is 2.48. The van der Waals surface area contributed by atoms with Crippen LogP contribution in [0.3, 0.4) is 0 Å². The summed E-state index contributed by atoms with van der Waals surface area (Å²) >= 11 is 1.31. The van der Waals surface area contributed by atoms with Gasteiger partial charge in [0.15, 0.2) is 0 Å². The lowest BCUT2D eigenvalue weighted by atomic mass is 9.92. The van der Waals surface area contributed by atoms with E-state index in [0.717, 1.165) is 53.4 Å². The molecule has 0 bridgehead atoms. The average Bonchev–Trinajstić information content (AvgIpc) is 3.75. The Morgan fingerprint density at radius 1 is 1.02 bits per heavy atom. The van der Waals surface area contributed by atoms with Crippen LogP contribution in [0.1, 0.15) is 91.2 Å². The van der Waals surface area contributed by atoms with Gasteiger partial charge >= 0.3 is 13.5 Å². The average molecular weight is 800 g/mol. The lowest BCUT2D eigenvalue weighted by Crippen LogP contribution is -2.58. The second-order valence-electron chi connectivity index (χ2n) is 15.2. The molecule has 0 saturated carbocycles. The number of aromatic nitrogens is 1. The van der Waals surface area contributed by atoms with E-state index in [1.54, 1.807) is 48.4 Å². The third-order valence-corrected chi connectivity index (χ3v) is 14.2. The van der Waals surface area contributed by atoms with Crippen molar-refractivity contribution in [2.24, 2.45) is 0 Å². The molecule has 0 radical (unpaired) electrons. The monoisotopic (exact) mass is 799 g/mol. The van der Waals surface area contributed by atoms with Crippen LogP contribution in [0.25, 0.3) is 10.1 Å². The van der Waals surface area contributed by atoms with Gasteiger partial charge in [0.1, 0.15) is 23.9 Å². The summed E-state index contributed by atoms with van der Waals surface area (Å²) in [5.41, 5.74) is 2.83. The molecule has 4 aromatic rings. The van der Waals surface area contributed by atoms with E-state index < -0.39 is 31.6 Å². The maximum atomic E-state index is 14.3. The zero-order chi connectivity index (χ0) is 39.4. The molecule has 3 aliphatic rings. The minimum absolute atomic E-state index is 0.0118. The fourth-order valence-corrected chi connectivity index (χ4v) is 11.0. The molecule has 5 heterocycles. The van der Waals surface area contributed by atoms with Crippen LogP contribution in [0.5, 0.6) is 5.75 Å². The van der Waals surface area contributed by atoms with Crippen LogP contribution in [0.2, 0.25) is 0 Å². The normalized spacial score (nSPS) is 21.4. The molecular weight excluding hydrogens is 750 g/mol. The number of pyridine rings is 1. The van der Waals surface area contributed by atoms with Crippen LogP contribution < -0.4 is 14.9 Å². The van der Waals surface area contributed by atoms with Gasteiger partial charge in [-0.1, -0.05) is 43.7 Å². The SMILES string of the molecule is CCCCOC(=O)[C@H](C)NP(=O)(Cc1ccc2sc(C(=O)N[C@H]3CCC[C@H]4CC[C@@H](C(=O)N5CC(c6ncccc6C)C5)N4C3=O)cc2c1)Oc1ccccc1. The summed E-state index contributed by atoms with van der Waals surface area (Å²) in [5.74, 6) is -0.469. The van der Waals surface area contributed by atoms with E-state index in [-0.39, 0.29) is 42.5 Å². The first kappa shape index (κ1) is 39.6. The number of ether oxygens (including phenoxy) is 1. The molecule has 3 aliphatic heterocycles. The molecule has 7 rings (SSSR count). The van der Waals surface area contributed by atoms with Gasteiger partial charge in [-0.15, -0.1) is 11.3 Å². The highest BCUT2D eigenvalue weighted by atomic mass is 32.1. The molecule has 2 aromatic heterocycles. The van der Waals surface area contributed by atoms with Gasteiger partial charge in [0.25, 0.3) is 5.91 Å². The third-order valence-electron chi connectivity index (χ3n) is 11.0. The number of para-hydroxylation sites is 1. The zero-order valence-corrected chi connectivity index (χ0v) is 33.9. The number of esters is 1. The number of aryl methyl sites for hydroxylation is 1. The summed E-state index contributed by atoms with van der Waals surface area (Å²) in [6.45, 7) is 7.12. The number of nitrogens with zero attached hydrogens (tertiary/aromatic N) is 3. The van der Waals surface area contributed by atoms with Crippen molar-refractivity contribution in [2.45, 2.75) is 102 Å². The lowest BCUT2D eigenvalue weighted by Gasteiger charge is -2.42. The van der Waals surface area contributed by atoms with Gasteiger partial charge in [-0.05, 0) is 105 Å². The summed E-state index contributed by atoms with van der Waals surface area (Å²) in [5, 5.41) is 6.72. The summed E-state index contributed by atoms with van der Waals surface area (Å²) in [6.07, 6.45) is 6.87. The Kier molecular flexibility index (Phi) is 12.2. The molecule has 56 heavy (non-hydrogen) atoms. The number of thiophene rings is 1. The van der Waals surface area contributed by atoms with Crippen LogP contribution in [-0.4, -0.2) is 82.3 Å². The van der Waals surface area contributed by atoms with Crippen LogP contribution >= 0.6 is 18.9 Å². The highest BCUT2D eigenvalue weighted by Crippen LogP contribution is 2.47. The van der Waals surface area contributed by atoms with E-state index in [1.165, 1.54) is 11.3 Å². The first-order valence-corrected chi connectivity index (χ1v) is 22.3. The van der Waals surface area contributed by atoms with Crippen LogP contribution in [0.4, 0.5) is 0 Å². The molecule has 12 nitrogen and oxygen atoms in total. The van der Waals surface area contributed by atoms with Crippen LogP contribution in [0, 0.1) is 6.92 Å². The van der Waals surface area contributed by atoms with Crippen molar-refractivity contribution < 1.29 is 33.0 Å². The van der Waals surface area contributed by atoms with Gasteiger partial charge in [0.2, 0.25) is 11.8 Å². The molecule has 0 spiro atoms. The van der Waals surface area contributed by atoms with Crippen LogP contribution in [0.15, 0.2) is 72.9 Å². The molecule has 296 valence electrons. The molecule has 3 saturated heterocycles. The summed E-state index contributed by atoms with van der Waals surface area (Å²) < 4.78 is 26.6. The lowest BCUT2D eigenvalue weighted by molar-refractivity contribution is -0.148. The fraction of sp³-hybridized carbons (Fsp3) is 0.452. The van der Waals surface area contributed by atoms with Gasteiger partial charge in [-0.25, -0.2) is 5.09 Å². The Hall–Kier alpha value is -4.58. The van der Waals surface area contributed by atoms with E-state index in [0.29, 0.717) is 42.1 Å². The number of fused-ring (bicyclic) bond motifs is 2. The number of carbonyl (C=O) groups excluding carboxylic acids is 4. The van der Waals surface area contributed by atoms with Crippen molar-refractivity contribution in [3.63, 3.8) is 0 Å². The minimum atomic E-state index is -3.68. The van der Waals surface area contributed by atoms with Gasteiger partial charge < -0.3 is 24.4 Å². The molecule has 3 fully saturated rings. The van der Waals surface area contributed by atoms with Gasteiger partial charge in [-0.2, -0.15) is 0 Å². The van der Waals surface area contributed by atoms with Crippen molar-refractivity contribution in [3.05, 3.63) is 94.6 Å². The molecular formula is C42H50N5O7PS. The Morgan fingerprint density at radius 3 is 2.59 bits per heavy atom. The Morgan fingerprint density at radius 2 is 1.82 bits per heavy atom. The molecule has 5 atom stereocenters. The second-order valence-corrected chi connectivity index (χ2v) is 18.4. The zero-order valence-electron chi connectivity index (χ0n) is 32.1. The second kappa shape index (κ2) is 17.3. The standard InChI is InChI=1S/C42H50N5O7PS/c1-4-5-21-53-42(51)28(3)45-55(52,54-33-13-7-6-8-14-33)26-29-16-19-36-30(22-29)23-37(56-36)39(48)44-34-15-9-12-32-17-18-35(47(32)40(34)49)41(50)46-24-31(25-46)38-27(2)11-10-20-43-38/h6-8,10-11,13-14,16,19-20,22-23,28,31-32,34-35H,4-5,9,12,15,17-18,21,24-26H2,1-3H3,(H,44,48)(H,45,52)/t28-,32-,34-,35-,55?/m0/s1. The van der Waals surface area contributed by atoms with E-state index >= 15 is 0 Å². The molecule has 0 aliphatic carbocycles. The first-order valence-electron chi connectivity index (χ1n) is 19.7. The third kappa shape index (κ3) is 8.85. The number of nitrogens with one attached hydrogen (secondary N) is 2. The summed E-state index contributed by atoms with van der Waals surface area (Å²) in [6, 6.07) is 18.0. The molecule has 2 aromatic carbocycles. The predicted molar refractivity (Wildman–Crippen MR) is 216 cm³/mol. The number of amides is 3. The fourth-order valence-electron chi connectivity index (χ4n) is 8.02. The van der Waals surface area contributed by atoms with Gasteiger partial charge in [0, 0.05) is 41.6 Å². The topological polar surface area (TPSA) is 147 Å². The van der Waals surface area contributed by atoms with E-state index in [9.17, 15) is 23.7 Å². The van der Waals surface area contributed by atoms with Gasteiger partial charge in [0.05, 0.1) is 17.6 Å². The minimum Gasteiger partial charge on any atom is -0.465 e. The maximum Gasteiger partial charge on any atom is 0.323 e. The maximum absolute atomic E-state index is 14.3. The smallest absolute Gasteiger partial charge is 0.323 e. The number of benzene rings is 2. The Bertz CT molecular complexity index is 2120. The Labute approximate surface area is 331 Å². The molecule has 14 heteroatoms. The number of hydrogen-bond acceptors (Lipinski definition) is 9. The van der Waals surface area contributed by atoms with E-state index in [1.807, 2.05) is 55.1 Å². The van der Waals surface area contributed by atoms with E-state index in [4.69, 9.17) is 9.26 Å². The number of carbonyl (C=O) groups is 4. The first-order chi connectivity index (χ1) is 27.0. The van der Waals surface area contributed by atoms with Crippen molar-refractivity contribution in [1.82, 2.24) is 25.2 Å². The van der Waals surface area contributed by atoms with Crippen molar-refractivity contribution >= 4 is 52.6 Å². The number of unbranched alkanes of at least 4 members (excludes halogenated alkanes) is 1. The number of hydrogen-bond donors (Lipinski definition) is 2. The highest BCUT2D eigenvalue weighted by molar-refractivity contribution is 7.56. The van der Waals surface area contributed by atoms with Crippen molar-refractivity contribution in [3.8, 4) is 5.75 Å². The number of rotatable bonds is 14. The summed E-state index contributed by atoms with van der Waals surface area (Å²) in [4.78, 5) is 62.9. The largest absolute Gasteiger partial charge is 0.465 e. The van der Waals surface area contributed by atoms with Crippen molar-refractivity contribution in [1.29, 1.82) is 0 Å². The van der Waals surface area contributed by atoms with Crippen LogP contribution in [-0.2, 0) is 29.8 Å². The quantitative estimate of drug-likeness (QED) is 0.0785. The Balaban J connectivity index is 1.01. The van der Waals surface area contributed by atoms with E-state index in [2.05, 4.69) is 15.4 Å². The number of likely N-dealkylation sites (tertiary alicyclic amines) is 1. The summed E-state index contributed by atoms with van der Waals surface area (Å²) in [7, 11) is -3.68. The van der Waals surface area contributed by atoms with Crippen molar-refractivity contribution in [2.75, 3.05) is 19.7 Å². The van der Waals surface area contributed by atoms with Gasteiger partial charge in [-0.3, -0.25) is 28.7 Å². The molecule has 1 unspecified atom stereocenters.